The second-order valence-electron chi connectivity index (χ2n) is 6.39. The van der Waals surface area contributed by atoms with Crippen LogP contribution in [-0.2, 0) is 11.3 Å². The minimum atomic E-state index is -0.254. The molecule has 1 heterocycles. The van der Waals surface area contributed by atoms with Crippen LogP contribution in [0.1, 0.15) is 36.9 Å². The summed E-state index contributed by atoms with van der Waals surface area (Å²) in [6.45, 7) is 3.08. The minimum absolute atomic E-state index is 0.170. The molecule has 26 heavy (non-hydrogen) atoms. The van der Waals surface area contributed by atoms with Gasteiger partial charge in [0.25, 0.3) is 0 Å². The van der Waals surface area contributed by atoms with Crippen molar-refractivity contribution in [1.82, 2.24) is 10.6 Å². The summed E-state index contributed by atoms with van der Waals surface area (Å²) in [5, 5.41) is 6.36. The number of benzene rings is 2. The molecule has 0 aliphatic carbocycles. The second kappa shape index (κ2) is 8.23. The van der Waals surface area contributed by atoms with Gasteiger partial charge in [-0.2, -0.15) is 0 Å². The van der Waals surface area contributed by atoms with E-state index in [0.29, 0.717) is 18.0 Å². The van der Waals surface area contributed by atoms with Crippen molar-refractivity contribution in [2.24, 2.45) is 0 Å². The van der Waals surface area contributed by atoms with Crippen LogP contribution in [0.4, 0.5) is 10.5 Å². The first kappa shape index (κ1) is 18.3. The maximum absolute atomic E-state index is 12.1. The Morgan fingerprint density at radius 2 is 1.92 bits per heavy atom. The molecule has 6 heteroatoms. The number of urea groups is 1. The molecule has 3 amide bonds. The fourth-order valence-corrected chi connectivity index (χ4v) is 3.35. The molecule has 0 saturated carbocycles. The van der Waals surface area contributed by atoms with E-state index in [2.05, 4.69) is 10.6 Å². The van der Waals surface area contributed by atoms with Gasteiger partial charge in [0, 0.05) is 30.2 Å². The van der Waals surface area contributed by atoms with Crippen LogP contribution in [0.3, 0.4) is 0 Å². The van der Waals surface area contributed by atoms with E-state index in [4.69, 9.17) is 11.6 Å². The van der Waals surface area contributed by atoms with Gasteiger partial charge in [-0.3, -0.25) is 4.79 Å². The quantitative estimate of drug-likeness (QED) is 0.833. The number of hydrogen-bond acceptors (Lipinski definition) is 2. The Balaban J connectivity index is 1.51. The van der Waals surface area contributed by atoms with Gasteiger partial charge in [0.2, 0.25) is 5.91 Å². The maximum Gasteiger partial charge on any atom is 0.315 e. The summed E-state index contributed by atoms with van der Waals surface area (Å²) in [4.78, 5) is 25.7. The summed E-state index contributed by atoms with van der Waals surface area (Å²) >= 11 is 6.15. The zero-order chi connectivity index (χ0) is 18.5. The normalized spacial score (nSPS) is 15.0. The Kier molecular flexibility index (Phi) is 5.78. The lowest BCUT2D eigenvalue weighted by atomic mass is 10.1. The summed E-state index contributed by atoms with van der Waals surface area (Å²) in [7, 11) is 0. The van der Waals surface area contributed by atoms with Gasteiger partial charge >= 0.3 is 6.03 Å². The molecule has 2 N–H and O–H groups in total. The summed E-state index contributed by atoms with van der Waals surface area (Å²) < 4.78 is 0. The zero-order valence-corrected chi connectivity index (χ0v) is 15.4. The smallest absolute Gasteiger partial charge is 0.315 e. The average Bonchev–Trinajstić information content (AvgIpc) is 3.06. The molecule has 1 atom stereocenters. The SMILES string of the molecule is CC(NC(=O)NCc1ccc(N2CCCC2=O)cc1)c1ccccc1Cl. The summed E-state index contributed by atoms with van der Waals surface area (Å²) in [5.41, 5.74) is 2.76. The van der Waals surface area contributed by atoms with Gasteiger partial charge in [-0.15, -0.1) is 0 Å². The lowest BCUT2D eigenvalue weighted by Gasteiger charge is -2.17. The molecule has 0 radical (unpaired) electrons. The van der Waals surface area contributed by atoms with Gasteiger partial charge in [-0.1, -0.05) is 41.9 Å². The Hall–Kier alpha value is -2.53. The largest absolute Gasteiger partial charge is 0.334 e. The number of anilines is 1. The first-order chi connectivity index (χ1) is 12.5. The van der Waals surface area contributed by atoms with Crippen LogP contribution in [0.15, 0.2) is 48.5 Å². The molecule has 0 bridgehead atoms. The van der Waals surface area contributed by atoms with E-state index in [0.717, 1.165) is 29.8 Å². The van der Waals surface area contributed by atoms with Crippen LogP contribution in [0.25, 0.3) is 0 Å². The molecule has 2 aromatic rings. The Morgan fingerprint density at radius 3 is 2.58 bits per heavy atom. The number of nitrogens with zero attached hydrogens (tertiary/aromatic N) is 1. The van der Waals surface area contributed by atoms with E-state index in [9.17, 15) is 9.59 Å². The fraction of sp³-hybridized carbons (Fsp3) is 0.300. The number of hydrogen-bond donors (Lipinski definition) is 2. The molecule has 1 saturated heterocycles. The van der Waals surface area contributed by atoms with Crippen molar-refractivity contribution in [2.45, 2.75) is 32.4 Å². The molecule has 1 aliphatic heterocycles. The van der Waals surface area contributed by atoms with E-state index >= 15 is 0 Å². The van der Waals surface area contributed by atoms with E-state index in [1.807, 2.05) is 49.4 Å². The van der Waals surface area contributed by atoms with Gasteiger partial charge in [-0.25, -0.2) is 4.79 Å². The van der Waals surface area contributed by atoms with Crippen LogP contribution in [0.2, 0.25) is 5.02 Å². The lowest BCUT2D eigenvalue weighted by Crippen LogP contribution is -2.36. The molecular weight excluding hydrogens is 350 g/mol. The topological polar surface area (TPSA) is 61.4 Å². The van der Waals surface area contributed by atoms with Crippen LogP contribution in [0.5, 0.6) is 0 Å². The fourth-order valence-electron chi connectivity index (χ4n) is 3.05. The number of nitrogens with one attached hydrogen (secondary N) is 2. The molecule has 0 spiro atoms. The summed E-state index contributed by atoms with van der Waals surface area (Å²) in [6.07, 6.45) is 1.53. The van der Waals surface area contributed by atoms with Crippen LogP contribution in [-0.4, -0.2) is 18.5 Å². The number of carbonyl (C=O) groups is 2. The highest BCUT2D eigenvalue weighted by Gasteiger charge is 2.21. The molecule has 1 unspecified atom stereocenters. The molecule has 1 aliphatic rings. The predicted octanol–water partition coefficient (Wildman–Crippen LogP) is 4.03. The number of carbonyl (C=O) groups excluding carboxylic acids is 2. The van der Waals surface area contributed by atoms with Crippen LogP contribution < -0.4 is 15.5 Å². The molecule has 5 nitrogen and oxygen atoms in total. The highest BCUT2D eigenvalue weighted by atomic mass is 35.5. The maximum atomic E-state index is 12.1. The average molecular weight is 372 g/mol. The van der Waals surface area contributed by atoms with Crippen molar-refractivity contribution in [3.63, 3.8) is 0 Å². The van der Waals surface area contributed by atoms with E-state index < -0.39 is 0 Å². The molecular formula is C20H22ClN3O2. The summed E-state index contributed by atoms with van der Waals surface area (Å²) in [5.74, 6) is 0.170. The van der Waals surface area contributed by atoms with Crippen LogP contribution in [0, 0.1) is 0 Å². The van der Waals surface area contributed by atoms with Crippen molar-refractivity contribution >= 4 is 29.2 Å². The zero-order valence-electron chi connectivity index (χ0n) is 14.7. The minimum Gasteiger partial charge on any atom is -0.334 e. The van der Waals surface area contributed by atoms with Crippen molar-refractivity contribution < 1.29 is 9.59 Å². The lowest BCUT2D eigenvalue weighted by molar-refractivity contribution is -0.117. The van der Waals surface area contributed by atoms with E-state index in [1.165, 1.54) is 0 Å². The first-order valence-electron chi connectivity index (χ1n) is 8.72. The molecule has 2 aromatic carbocycles. The highest BCUT2D eigenvalue weighted by molar-refractivity contribution is 6.31. The molecule has 136 valence electrons. The third kappa shape index (κ3) is 4.35. The highest BCUT2D eigenvalue weighted by Crippen LogP contribution is 2.23. The van der Waals surface area contributed by atoms with Crippen LogP contribution >= 0.6 is 11.6 Å². The third-order valence-corrected chi connectivity index (χ3v) is 4.84. The van der Waals surface area contributed by atoms with E-state index in [1.54, 1.807) is 11.0 Å². The van der Waals surface area contributed by atoms with Gasteiger partial charge in [-0.05, 0) is 42.7 Å². The summed E-state index contributed by atoms with van der Waals surface area (Å²) in [6, 6.07) is 14.7. The standard InChI is InChI=1S/C20H22ClN3O2/c1-14(17-5-2-3-6-18(17)21)23-20(26)22-13-15-8-10-16(11-9-15)24-12-4-7-19(24)25/h2-3,5-6,8-11,14H,4,7,12-13H2,1H3,(H2,22,23,26). The number of rotatable bonds is 5. The van der Waals surface area contributed by atoms with Crippen molar-refractivity contribution in [1.29, 1.82) is 0 Å². The van der Waals surface area contributed by atoms with Gasteiger partial charge < -0.3 is 15.5 Å². The monoisotopic (exact) mass is 371 g/mol. The molecule has 0 aromatic heterocycles. The van der Waals surface area contributed by atoms with Crippen molar-refractivity contribution in [3.8, 4) is 0 Å². The first-order valence-corrected chi connectivity index (χ1v) is 9.10. The second-order valence-corrected chi connectivity index (χ2v) is 6.79. The van der Waals surface area contributed by atoms with Crippen molar-refractivity contribution in [2.75, 3.05) is 11.4 Å². The number of halogens is 1. The predicted molar refractivity (Wildman–Crippen MR) is 103 cm³/mol. The van der Waals surface area contributed by atoms with Crippen molar-refractivity contribution in [3.05, 3.63) is 64.7 Å². The third-order valence-electron chi connectivity index (χ3n) is 4.49. The Bertz CT molecular complexity index is 792. The van der Waals surface area contributed by atoms with Gasteiger partial charge in [0.1, 0.15) is 0 Å². The van der Waals surface area contributed by atoms with E-state index in [-0.39, 0.29) is 18.0 Å². The molecule has 3 rings (SSSR count). The number of amides is 3. The van der Waals surface area contributed by atoms with Gasteiger partial charge in [0.05, 0.1) is 6.04 Å². The van der Waals surface area contributed by atoms with Gasteiger partial charge in [0.15, 0.2) is 0 Å². The Labute approximate surface area is 158 Å². The Morgan fingerprint density at radius 1 is 1.19 bits per heavy atom. The molecule has 1 fully saturated rings.